The van der Waals surface area contributed by atoms with Gasteiger partial charge in [0, 0.05) is 36.7 Å². The van der Waals surface area contributed by atoms with Crippen molar-refractivity contribution in [3.63, 3.8) is 0 Å². The quantitative estimate of drug-likeness (QED) is 0.446. The van der Waals surface area contributed by atoms with Crippen molar-refractivity contribution in [2.75, 3.05) is 0 Å². The van der Waals surface area contributed by atoms with Crippen LogP contribution in [0.1, 0.15) is 12.0 Å². The minimum atomic E-state index is -0.414. The van der Waals surface area contributed by atoms with Crippen molar-refractivity contribution in [1.29, 1.82) is 0 Å². The Labute approximate surface area is 151 Å². The molecular weight excluding hydrogens is 328 g/mol. The molecule has 0 bridgehead atoms. The fourth-order valence-corrected chi connectivity index (χ4v) is 2.60. The molecule has 1 aromatic rings. The molecule has 1 aliphatic heterocycles. The van der Waals surface area contributed by atoms with E-state index in [0.717, 1.165) is 17.6 Å². The lowest BCUT2D eigenvalue weighted by Gasteiger charge is -2.14. The third-order valence-electron chi connectivity index (χ3n) is 4.07. The molecule has 130 valence electrons. The summed E-state index contributed by atoms with van der Waals surface area (Å²) in [6.45, 7) is 0. The van der Waals surface area contributed by atoms with Crippen molar-refractivity contribution in [2.24, 2.45) is 5.92 Å². The highest BCUT2D eigenvalue weighted by atomic mass is 16.6. The first-order valence-corrected chi connectivity index (χ1v) is 8.27. The molecule has 1 heterocycles. The second kappa shape index (κ2) is 8.07. The van der Waals surface area contributed by atoms with E-state index in [2.05, 4.69) is 0 Å². The number of benzene rings is 1. The zero-order chi connectivity index (χ0) is 18.4. The molecule has 0 N–H and O–H groups in total. The summed E-state index contributed by atoms with van der Waals surface area (Å²) in [5.41, 5.74) is 1.93. The number of hydrogen-bond donors (Lipinski definition) is 0. The first kappa shape index (κ1) is 17.4. The van der Waals surface area contributed by atoms with Crippen LogP contribution in [0.15, 0.2) is 91.0 Å². The van der Waals surface area contributed by atoms with Gasteiger partial charge in [-0.15, -0.1) is 0 Å². The molecule has 0 spiro atoms. The maximum Gasteiger partial charge on any atom is 0.269 e. The first-order chi connectivity index (χ1) is 12.6. The maximum atomic E-state index is 12.1. The molecule has 26 heavy (non-hydrogen) atoms. The zero-order valence-electron chi connectivity index (χ0n) is 14.1. The Hall–Kier alpha value is -3.47. The molecule has 5 nitrogen and oxygen atoms in total. The average molecular weight is 346 g/mol. The maximum absolute atomic E-state index is 12.1. The highest BCUT2D eigenvalue weighted by Crippen LogP contribution is 2.18. The van der Waals surface area contributed by atoms with Gasteiger partial charge in [0.05, 0.1) is 4.92 Å². The van der Waals surface area contributed by atoms with Gasteiger partial charge in [0.25, 0.3) is 5.69 Å². The number of non-ortho nitro benzene ring substituents is 1. The standard InChI is InChI=1S/C21H18N2O3/c24-21(19-4-2-1-3-5-19)12-15-22-13-10-18(11-14-22)16-17-6-8-20(9-7-17)23(25)26/h1-4,6-16,19H,5H2/b15-12+. The number of carbonyl (C=O) groups excluding carboxylic acids is 1. The van der Waals surface area contributed by atoms with Gasteiger partial charge in [-0.25, -0.2) is 0 Å². The normalized spacial score (nSPS) is 18.5. The van der Waals surface area contributed by atoms with Crippen LogP contribution < -0.4 is 0 Å². The summed E-state index contributed by atoms with van der Waals surface area (Å²) in [4.78, 5) is 24.2. The average Bonchev–Trinajstić information content (AvgIpc) is 2.68. The van der Waals surface area contributed by atoms with Crippen LogP contribution in [0.25, 0.3) is 6.08 Å². The molecule has 0 fully saturated rings. The lowest BCUT2D eigenvalue weighted by molar-refractivity contribution is -0.384. The molecule has 5 heteroatoms. The lowest BCUT2D eigenvalue weighted by Crippen LogP contribution is -2.11. The second-order valence-electron chi connectivity index (χ2n) is 5.95. The number of nitrogens with zero attached hydrogens (tertiary/aromatic N) is 2. The number of nitro benzene ring substituents is 1. The fourth-order valence-electron chi connectivity index (χ4n) is 2.60. The summed E-state index contributed by atoms with van der Waals surface area (Å²) >= 11 is 0. The molecule has 1 aromatic carbocycles. The highest BCUT2D eigenvalue weighted by molar-refractivity contribution is 5.93. The number of allylic oxidation sites excluding steroid dienone is 8. The van der Waals surface area contributed by atoms with E-state index in [1.54, 1.807) is 24.4 Å². The molecule has 0 saturated carbocycles. The van der Waals surface area contributed by atoms with Crippen LogP contribution in [0, 0.1) is 16.0 Å². The van der Waals surface area contributed by atoms with E-state index in [1.165, 1.54) is 12.1 Å². The smallest absolute Gasteiger partial charge is 0.269 e. The van der Waals surface area contributed by atoms with Gasteiger partial charge in [-0.2, -0.15) is 0 Å². The third-order valence-corrected chi connectivity index (χ3v) is 4.07. The van der Waals surface area contributed by atoms with Crippen LogP contribution in [0.5, 0.6) is 0 Å². The number of rotatable bonds is 5. The van der Waals surface area contributed by atoms with E-state index in [4.69, 9.17) is 0 Å². The molecule has 0 aromatic heterocycles. The predicted molar refractivity (Wildman–Crippen MR) is 102 cm³/mol. The van der Waals surface area contributed by atoms with Crippen molar-refractivity contribution in [2.45, 2.75) is 6.42 Å². The molecule has 0 amide bonds. The summed E-state index contributed by atoms with van der Waals surface area (Å²) in [6.07, 6.45) is 21.3. The van der Waals surface area contributed by atoms with Crippen LogP contribution in [0.4, 0.5) is 5.69 Å². The SMILES string of the molecule is O=C(/C=C/N1C=CC(=Cc2ccc([N+](=O)[O-])cc2)C=C1)C1C=CC=CC1. The van der Waals surface area contributed by atoms with Crippen molar-refractivity contribution in [3.05, 3.63) is 107 Å². The van der Waals surface area contributed by atoms with E-state index in [-0.39, 0.29) is 17.4 Å². The van der Waals surface area contributed by atoms with Gasteiger partial charge in [-0.1, -0.05) is 24.3 Å². The van der Waals surface area contributed by atoms with E-state index in [0.29, 0.717) is 0 Å². The monoisotopic (exact) mass is 346 g/mol. The Kier molecular flexibility index (Phi) is 5.39. The predicted octanol–water partition coefficient (Wildman–Crippen LogP) is 4.54. The summed E-state index contributed by atoms with van der Waals surface area (Å²) in [5, 5.41) is 10.7. The van der Waals surface area contributed by atoms with Gasteiger partial charge in [0.15, 0.2) is 5.78 Å². The van der Waals surface area contributed by atoms with Crippen LogP contribution in [0.2, 0.25) is 0 Å². The van der Waals surface area contributed by atoms with Crippen molar-refractivity contribution < 1.29 is 9.72 Å². The minimum absolute atomic E-state index is 0.0751. The molecular formula is C21H18N2O3. The van der Waals surface area contributed by atoms with Crippen LogP contribution >= 0.6 is 0 Å². The van der Waals surface area contributed by atoms with E-state index in [1.807, 2.05) is 59.8 Å². The van der Waals surface area contributed by atoms with Crippen molar-refractivity contribution in [1.82, 2.24) is 4.90 Å². The van der Waals surface area contributed by atoms with E-state index < -0.39 is 4.92 Å². The van der Waals surface area contributed by atoms with Gasteiger partial charge < -0.3 is 4.90 Å². The highest BCUT2D eigenvalue weighted by Gasteiger charge is 2.12. The lowest BCUT2D eigenvalue weighted by atomic mass is 9.96. The van der Waals surface area contributed by atoms with Gasteiger partial charge in [0.2, 0.25) is 0 Å². The Bertz CT molecular complexity index is 855. The van der Waals surface area contributed by atoms with Gasteiger partial charge in [-0.05, 0) is 54.0 Å². The van der Waals surface area contributed by atoms with Crippen molar-refractivity contribution in [3.8, 4) is 0 Å². The molecule has 0 saturated heterocycles. The Morgan fingerprint density at radius 3 is 2.50 bits per heavy atom. The largest absolute Gasteiger partial charge is 0.330 e. The zero-order valence-corrected chi connectivity index (χ0v) is 14.1. The summed E-state index contributed by atoms with van der Waals surface area (Å²) < 4.78 is 0. The molecule has 3 rings (SSSR count). The molecule has 2 aliphatic rings. The van der Waals surface area contributed by atoms with Crippen LogP contribution in [-0.2, 0) is 4.79 Å². The van der Waals surface area contributed by atoms with Gasteiger partial charge in [0.1, 0.15) is 0 Å². The number of carbonyl (C=O) groups is 1. The Balaban J connectivity index is 1.59. The van der Waals surface area contributed by atoms with Crippen LogP contribution in [-0.4, -0.2) is 15.6 Å². The Morgan fingerprint density at radius 2 is 1.88 bits per heavy atom. The minimum Gasteiger partial charge on any atom is -0.330 e. The molecule has 1 atom stereocenters. The topological polar surface area (TPSA) is 63.5 Å². The van der Waals surface area contributed by atoms with E-state index >= 15 is 0 Å². The van der Waals surface area contributed by atoms with Crippen molar-refractivity contribution >= 4 is 17.5 Å². The second-order valence-corrected chi connectivity index (χ2v) is 5.95. The fraction of sp³-hybridized carbons (Fsp3) is 0.0952. The summed E-state index contributed by atoms with van der Waals surface area (Å²) in [7, 11) is 0. The van der Waals surface area contributed by atoms with E-state index in [9.17, 15) is 14.9 Å². The number of hydrogen-bond acceptors (Lipinski definition) is 4. The molecule has 1 unspecified atom stereocenters. The number of ketones is 1. The molecule has 0 radical (unpaired) electrons. The Morgan fingerprint density at radius 1 is 1.15 bits per heavy atom. The number of nitro groups is 1. The van der Waals surface area contributed by atoms with Gasteiger partial charge in [-0.3, -0.25) is 14.9 Å². The van der Waals surface area contributed by atoms with Crippen LogP contribution in [0.3, 0.4) is 0 Å². The molecule has 1 aliphatic carbocycles. The summed E-state index contributed by atoms with van der Waals surface area (Å²) in [6, 6.07) is 6.39. The summed E-state index contributed by atoms with van der Waals surface area (Å²) in [5.74, 6) is 0.00575. The third kappa shape index (κ3) is 4.54. The van der Waals surface area contributed by atoms with Gasteiger partial charge >= 0.3 is 0 Å². The first-order valence-electron chi connectivity index (χ1n) is 8.27.